The highest BCUT2D eigenvalue weighted by Gasteiger charge is 2.12. The summed E-state index contributed by atoms with van der Waals surface area (Å²) in [7, 11) is 0. The number of rotatable bonds is 2. The van der Waals surface area contributed by atoms with E-state index in [1.165, 1.54) is 11.5 Å². The Hall–Kier alpha value is -1.26. The molecule has 2 N–H and O–H groups in total. The number of nitrogen functional groups attached to an aromatic ring is 1. The molecule has 0 bridgehead atoms. The van der Waals surface area contributed by atoms with E-state index in [2.05, 4.69) is 4.90 Å². The second-order valence-corrected chi connectivity index (χ2v) is 5.83. The molecule has 1 aromatic carbocycles. The van der Waals surface area contributed by atoms with E-state index in [1.54, 1.807) is 0 Å². The van der Waals surface area contributed by atoms with Crippen LogP contribution in [0.4, 0.5) is 5.69 Å². The van der Waals surface area contributed by atoms with Crippen molar-refractivity contribution in [2.24, 2.45) is 0 Å². The number of anilines is 1. The highest BCUT2D eigenvalue weighted by Crippen LogP contribution is 2.21. The van der Waals surface area contributed by atoms with Crippen molar-refractivity contribution in [3.8, 4) is 0 Å². The average molecular weight is 259 g/mol. The molecule has 1 fully saturated rings. The average Bonchev–Trinajstić information content (AvgIpc) is 2.40. The van der Waals surface area contributed by atoms with Gasteiger partial charge in [-0.25, -0.2) is 0 Å². The lowest BCUT2D eigenvalue weighted by Gasteiger charge is -2.25. The molecular weight excluding hydrogens is 242 g/mol. The van der Waals surface area contributed by atoms with Gasteiger partial charge in [0.2, 0.25) is 0 Å². The quantitative estimate of drug-likeness (QED) is 0.899. The van der Waals surface area contributed by atoms with Crippen LogP contribution in [-0.2, 0) is 6.54 Å². The van der Waals surface area contributed by atoms with Gasteiger partial charge in [0.15, 0.2) is 0 Å². The first-order valence-electron chi connectivity index (χ1n) is 6.27. The van der Waals surface area contributed by atoms with Gasteiger partial charge in [-0.15, -0.1) is 0 Å². The Morgan fingerprint density at radius 1 is 1.22 bits per heavy atom. The molecule has 94 valence electrons. The smallest absolute Gasteiger partial charge is 0.0726 e. The lowest BCUT2D eigenvalue weighted by molar-refractivity contribution is 0.291. The fourth-order valence-corrected chi connectivity index (χ4v) is 3.31. The lowest BCUT2D eigenvalue weighted by Crippen LogP contribution is -2.32. The Bertz CT molecular complexity index is 550. The monoisotopic (exact) mass is 259 g/mol. The maximum absolute atomic E-state index is 6.10. The van der Waals surface area contributed by atoms with E-state index in [9.17, 15) is 0 Å². The van der Waals surface area contributed by atoms with Crippen LogP contribution in [0.15, 0.2) is 30.3 Å². The fraction of sp³-hybridized carbons (Fsp3) is 0.357. The van der Waals surface area contributed by atoms with Crippen molar-refractivity contribution in [1.82, 2.24) is 9.88 Å². The highest BCUT2D eigenvalue weighted by molar-refractivity contribution is 7.99. The van der Waals surface area contributed by atoms with Crippen LogP contribution in [0.3, 0.4) is 0 Å². The minimum Gasteiger partial charge on any atom is -0.398 e. The first kappa shape index (κ1) is 11.8. The molecular formula is C14H17N3S. The molecule has 2 aromatic rings. The van der Waals surface area contributed by atoms with E-state index in [0.29, 0.717) is 0 Å². The van der Waals surface area contributed by atoms with Gasteiger partial charge in [-0.1, -0.05) is 18.2 Å². The number of benzene rings is 1. The summed E-state index contributed by atoms with van der Waals surface area (Å²) in [5.74, 6) is 2.45. The van der Waals surface area contributed by atoms with Crippen molar-refractivity contribution in [1.29, 1.82) is 0 Å². The molecule has 0 spiro atoms. The fourth-order valence-electron chi connectivity index (χ4n) is 2.33. The molecule has 2 heterocycles. The highest BCUT2D eigenvalue weighted by atomic mass is 32.2. The Kier molecular flexibility index (Phi) is 3.39. The van der Waals surface area contributed by atoms with Gasteiger partial charge in [-0.3, -0.25) is 9.88 Å². The minimum atomic E-state index is 0.835. The number of nitrogens with two attached hydrogens (primary N) is 1. The van der Waals surface area contributed by atoms with Gasteiger partial charge in [0.25, 0.3) is 0 Å². The van der Waals surface area contributed by atoms with Crippen LogP contribution in [0.25, 0.3) is 10.9 Å². The summed E-state index contributed by atoms with van der Waals surface area (Å²) in [6.45, 7) is 3.22. The number of nitrogens with zero attached hydrogens (tertiary/aromatic N) is 2. The third-order valence-electron chi connectivity index (χ3n) is 3.29. The van der Waals surface area contributed by atoms with Gasteiger partial charge in [0.05, 0.1) is 11.2 Å². The summed E-state index contributed by atoms with van der Waals surface area (Å²) in [5, 5.41) is 1.05. The first-order chi connectivity index (χ1) is 8.83. The summed E-state index contributed by atoms with van der Waals surface area (Å²) in [4.78, 5) is 7.15. The molecule has 3 nitrogen and oxygen atoms in total. The maximum atomic E-state index is 6.10. The molecule has 0 atom stereocenters. The second kappa shape index (κ2) is 5.16. The Balaban J connectivity index is 1.87. The molecule has 0 aliphatic carbocycles. The van der Waals surface area contributed by atoms with E-state index in [4.69, 9.17) is 10.7 Å². The van der Waals surface area contributed by atoms with Gasteiger partial charge >= 0.3 is 0 Å². The molecule has 4 heteroatoms. The zero-order valence-corrected chi connectivity index (χ0v) is 11.1. The van der Waals surface area contributed by atoms with E-state index < -0.39 is 0 Å². The van der Waals surface area contributed by atoms with Crippen LogP contribution in [0.1, 0.15) is 5.69 Å². The Labute approximate surface area is 111 Å². The standard InChI is InChI=1S/C14H17N3S/c15-13-9-11(10-17-5-7-18-8-6-17)16-14-4-2-1-3-12(13)14/h1-4,9H,5-8,10H2,(H2,15,16). The van der Waals surface area contributed by atoms with Crippen LogP contribution in [0.5, 0.6) is 0 Å². The molecule has 0 saturated carbocycles. The Morgan fingerprint density at radius 3 is 2.83 bits per heavy atom. The topological polar surface area (TPSA) is 42.1 Å². The molecule has 0 radical (unpaired) electrons. The lowest BCUT2D eigenvalue weighted by atomic mass is 10.1. The van der Waals surface area contributed by atoms with Crippen LogP contribution < -0.4 is 5.73 Å². The van der Waals surface area contributed by atoms with E-state index >= 15 is 0 Å². The van der Waals surface area contributed by atoms with E-state index in [-0.39, 0.29) is 0 Å². The summed E-state index contributed by atoms with van der Waals surface area (Å²) in [6.07, 6.45) is 0. The third-order valence-corrected chi connectivity index (χ3v) is 4.23. The minimum absolute atomic E-state index is 0.835. The van der Waals surface area contributed by atoms with Gasteiger partial charge < -0.3 is 5.73 Å². The predicted molar refractivity (Wildman–Crippen MR) is 78.8 cm³/mol. The molecule has 0 unspecified atom stereocenters. The number of hydrogen-bond acceptors (Lipinski definition) is 4. The number of aromatic nitrogens is 1. The maximum Gasteiger partial charge on any atom is 0.0726 e. The van der Waals surface area contributed by atoms with Crippen molar-refractivity contribution in [3.63, 3.8) is 0 Å². The number of fused-ring (bicyclic) bond motifs is 1. The van der Waals surface area contributed by atoms with Crippen LogP contribution in [-0.4, -0.2) is 34.5 Å². The Morgan fingerprint density at radius 2 is 2.00 bits per heavy atom. The van der Waals surface area contributed by atoms with Gasteiger partial charge in [0, 0.05) is 42.2 Å². The largest absolute Gasteiger partial charge is 0.398 e. The van der Waals surface area contributed by atoms with Crippen molar-refractivity contribution in [2.45, 2.75) is 6.54 Å². The third kappa shape index (κ3) is 2.44. The van der Waals surface area contributed by atoms with Gasteiger partial charge in [-0.05, 0) is 12.1 Å². The predicted octanol–water partition coefficient (Wildman–Crippen LogP) is 2.37. The zero-order chi connectivity index (χ0) is 12.4. The van der Waals surface area contributed by atoms with E-state index in [1.807, 2.05) is 42.1 Å². The SMILES string of the molecule is Nc1cc(CN2CCSCC2)nc2ccccc12. The van der Waals surface area contributed by atoms with Gasteiger partial charge in [-0.2, -0.15) is 11.8 Å². The van der Waals surface area contributed by atoms with Crippen molar-refractivity contribution in [3.05, 3.63) is 36.0 Å². The summed E-state index contributed by atoms with van der Waals surface area (Å²) in [5.41, 5.74) is 9.02. The van der Waals surface area contributed by atoms with Crippen LogP contribution >= 0.6 is 11.8 Å². The zero-order valence-electron chi connectivity index (χ0n) is 10.3. The molecule has 0 amide bonds. The second-order valence-electron chi connectivity index (χ2n) is 4.61. The van der Waals surface area contributed by atoms with Crippen molar-refractivity contribution in [2.75, 3.05) is 30.3 Å². The molecule has 1 aliphatic rings. The first-order valence-corrected chi connectivity index (χ1v) is 7.42. The normalized spacial score (nSPS) is 17.1. The van der Waals surface area contributed by atoms with Crippen molar-refractivity contribution >= 4 is 28.4 Å². The molecule has 3 rings (SSSR count). The van der Waals surface area contributed by atoms with Crippen LogP contribution in [0, 0.1) is 0 Å². The van der Waals surface area contributed by atoms with Crippen LogP contribution in [0.2, 0.25) is 0 Å². The summed E-state index contributed by atoms with van der Waals surface area (Å²) < 4.78 is 0. The molecule has 1 aliphatic heterocycles. The molecule has 1 aromatic heterocycles. The number of thioether (sulfide) groups is 1. The summed E-state index contributed by atoms with van der Waals surface area (Å²) >= 11 is 2.03. The molecule has 1 saturated heterocycles. The van der Waals surface area contributed by atoms with Gasteiger partial charge in [0.1, 0.15) is 0 Å². The van der Waals surface area contributed by atoms with E-state index in [0.717, 1.165) is 41.9 Å². The number of hydrogen-bond donors (Lipinski definition) is 1. The van der Waals surface area contributed by atoms with Crippen molar-refractivity contribution < 1.29 is 0 Å². The molecule has 18 heavy (non-hydrogen) atoms. The number of para-hydroxylation sites is 1. The summed E-state index contributed by atoms with van der Waals surface area (Å²) in [6, 6.07) is 10.1. The number of pyridine rings is 1.